The van der Waals surface area contributed by atoms with Gasteiger partial charge in [0.1, 0.15) is 5.82 Å². The van der Waals surface area contributed by atoms with Crippen molar-refractivity contribution in [2.45, 2.75) is 6.42 Å². The number of hydrogen-bond acceptors (Lipinski definition) is 2. The maximum absolute atomic E-state index is 13.0. The maximum Gasteiger partial charge on any atom is 0.173 e. The normalized spacial score (nSPS) is 9.86. The average Bonchev–Trinajstić information content (AvgIpc) is 2.18. The largest absolute Gasteiger partial charge is 0.298 e. The van der Waals surface area contributed by atoms with E-state index in [2.05, 4.69) is 0 Å². The molecule has 0 aliphatic rings. The molecule has 14 heavy (non-hydrogen) atoms. The van der Waals surface area contributed by atoms with Crippen molar-refractivity contribution in [1.82, 2.24) is 0 Å². The zero-order valence-corrected chi connectivity index (χ0v) is 8.05. The molecule has 1 aromatic carbocycles. The van der Waals surface area contributed by atoms with Gasteiger partial charge >= 0.3 is 0 Å². The fraction of sp³-hybridized carbons (Fsp3) is 0.200. The van der Waals surface area contributed by atoms with Crippen molar-refractivity contribution >= 4 is 23.2 Å². The number of alkyl halides is 1. The topological polar surface area (TPSA) is 34.1 Å². The molecule has 0 saturated heterocycles. The molecule has 1 rings (SSSR count). The number of benzene rings is 1. The highest BCUT2D eigenvalue weighted by Crippen LogP contribution is 2.09. The summed E-state index contributed by atoms with van der Waals surface area (Å²) in [6.45, 7) is 0. The van der Waals surface area contributed by atoms with Crippen LogP contribution in [0, 0.1) is 5.82 Å². The lowest BCUT2D eigenvalue weighted by Gasteiger charge is -1.99. The van der Waals surface area contributed by atoms with Gasteiger partial charge in [0.15, 0.2) is 11.6 Å². The molecule has 2 nitrogen and oxygen atoms in total. The Morgan fingerprint density at radius 1 is 1.29 bits per heavy atom. The van der Waals surface area contributed by atoms with Crippen molar-refractivity contribution in [3.63, 3.8) is 0 Å². The summed E-state index contributed by atoms with van der Waals surface area (Å²) in [6, 6.07) is 5.55. The predicted octanol–water partition coefficient (Wildman–Crippen LogP) is 2.21. The second-order valence-electron chi connectivity index (χ2n) is 2.75. The van der Waals surface area contributed by atoms with Crippen molar-refractivity contribution in [1.29, 1.82) is 0 Å². The molecule has 0 unspecified atom stereocenters. The molecule has 0 aliphatic carbocycles. The quantitative estimate of drug-likeness (QED) is 0.438. The lowest BCUT2D eigenvalue weighted by atomic mass is 10.1. The number of carbonyl (C=O) groups is 2. The van der Waals surface area contributed by atoms with Gasteiger partial charge in [-0.25, -0.2) is 4.39 Å². The second-order valence-corrected chi connectivity index (χ2v) is 3.02. The number of hydrogen-bond donors (Lipinski definition) is 0. The Morgan fingerprint density at radius 2 is 1.93 bits per heavy atom. The number of carbonyl (C=O) groups excluding carboxylic acids is 2. The van der Waals surface area contributed by atoms with E-state index >= 15 is 0 Å². The summed E-state index contributed by atoms with van der Waals surface area (Å²) in [7, 11) is 0. The Kier molecular flexibility index (Phi) is 3.77. The van der Waals surface area contributed by atoms with E-state index in [0.29, 0.717) is 0 Å². The summed E-state index contributed by atoms with van der Waals surface area (Å²) < 4.78 is 13.0. The van der Waals surface area contributed by atoms with E-state index in [4.69, 9.17) is 11.6 Å². The lowest BCUT2D eigenvalue weighted by molar-refractivity contribution is -0.115. The third-order valence-corrected chi connectivity index (χ3v) is 1.98. The zero-order valence-electron chi connectivity index (χ0n) is 7.30. The van der Waals surface area contributed by atoms with E-state index in [1.807, 2.05) is 0 Å². The Morgan fingerprint density at radius 3 is 2.50 bits per heavy atom. The van der Waals surface area contributed by atoms with Gasteiger partial charge in [-0.1, -0.05) is 12.1 Å². The molecule has 0 N–H and O–H groups in total. The molecular weight excluding hydrogens is 207 g/mol. The first-order valence-corrected chi connectivity index (χ1v) is 4.54. The Balaban J connectivity index is 2.80. The third-order valence-electron chi connectivity index (χ3n) is 1.68. The van der Waals surface area contributed by atoms with E-state index in [9.17, 15) is 14.0 Å². The van der Waals surface area contributed by atoms with Crippen LogP contribution in [0.4, 0.5) is 4.39 Å². The minimum absolute atomic E-state index is 0.0639. The molecule has 74 valence electrons. The van der Waals surface area contributed by atoms with Crippen molar-refractivity contribution in [2.75, 3.05) is 5.88 Å². The molecule has 0 saturated carbocycles. The van der Waals surface area contributed by atoms with Crippen LogP contribution in [-0.4, -0.2) is 17.4 Å². The van der Waals surface area contributed by atoms with Crippen molar-refractivity contribution in [3.8, 4) is 0 Å². The van der Waals surface area contributed by atoms with Gasteiger partial charge in [0.2, 0.25) is 0 Å². The van der Waals surface area contributed by atoms with E-state index in [-0.39, 0.29) is 17.9 Å². The first-order valence-electron chi connectivity index (χ1n) is 4.00. The van der Waals surface area contributed by atoms with Crippen LogP contribution in [0.25, 0.3) is 0 Å². The van der Waals surface area contributed by atoms with Gasteiger partial charge in [0.05, 0.1) is 17.9 Å². The van der Waals surface area contributed by atoms with Gasteiger partial charge in [-0.05, 0) is 12.1 Å². The Bertz CT molecular complexity index is 363. The van der Waals surface area contributed by atoms with E-state index in [0.717, 1.165) is 0 Å². The number of ketones is 2. The van der Waals surface area contributed by atoms with Crippen molar-refractivity contribution in [2.24, 2.45) is 0 Å². The molecule has 0 radical (unpaired) electrons. The molecule has 0 aromatic heterocycles. The second kappa shape index (κ2) is 4.86. The molecule has 0 bridgehead atoms. The summed E-state index contributed by atoms with van der Waals surface area (Å²) in [5, 5.41) is 0. The molecule has 0 spiro atoms. The Hall–Kier alpha value is -1.22. The number of Topliss-reactive ketones (excluding diaryl/α,β-unsaturated/α-hetero) is 2. The van der Waals surface area contributed by atoms with E-state index in [1.54, 1.807) is 6.07 Å². The number of rotatable bonds is 4. The first kappa shape index (κ1) is 10.9. The van der Waals surface area contributed by atoms with Crippen LogP contribution in [0.2, 0.25) is 0 Å². The molecule has 4 heteroatoms. The standard InChI is InChI=1S/C10H8ClFO2/c11-6-7(13)5-10(14)8-3-1-2-4-9(8)12/h1-4H,5-6H2. The van der Waals surface area contributed by atoms with Gasteiger partial charge in [-0.3, -0.25) is 9.59 Å². The molecular formula is C10H8ClFO2. The summed E-state index contributed by atoms with van der Waals surface area (Å²) in [6.07, 6.45) is -0.343. The van der Waals surface area contributed by atoms with Crippen LogP contribution in [0.3, 0.4) is 0 Å². The SMILES string of the molecule is O=C(CCl)CC(=O)c1ccccc1F. The van der Waals surface area contributed by atoms with Gasteiger partial charge in [0.25, 0.3) is 0 Å². The third kappa shape index (κ3) is 2.64. The molecule has 0 atom stereocenters. The van der Waals surface area contributed by atoms with Gasteiger partial charge < -0.3 is 0 Å². The van der Waals surface area contributed by atoms with Crippen LogP contribution in [0.5, 0.6) is 0 Å². The monoisotopic (exact) mass is 214 g/mol. The minimum atomic E-state index is -0.611. The van der Waals surface area contributed by atoms with Crippen LogP contribution >= 0.6 is 11.6 Å². The first-order chi connectivity index (χ1) is 6.65. The molecule has 0 fully saturated rings. The maximum atomic E-state index is 13.0. The van der Waals surface area contributed by atoms with Crippen molar-refractivity contribution < 1.29 is 14.0 Å². The van der Waals surface area contributed by atoms with Crippen molar-refractivity contribution in [3.05, 3.63) is 35.6 Å². The minimum Gasteiger partial charge on any atom is -0.298 e. The average molecular weight is 215 g/mol. The van der Waals surface area contributed by atoms with Crippen LogP contribution in [0.15, 0.2) is 24.3 Å². The highest BCUT2D eigenvalue weighted by Gasteiger charge is 2.13. The predicted molar refractivity (Wildman–Crippen MR) is 51.1 cm³/mol. The lowest BCUT2D eigenvalue weighted by Crippen LogP contribution is -2.10. The molecule has 0 aliphatic heterocycles. The molecule has 1 aromatic rings. The fourth-order valence-electron chi connectivity index (χ4n) is 1.01. The van der Waals surface area contributed by atoms with Crippen LogP contribution in [0.1, 0.15) is 16.8 Å². The smallest absolute Gasteiger partial charge is 0.173 e. The van der Waals surface area contributed by atoms with Gasteiger partial charge in [-0.15, -0.1) is 11.6 Å². The molecule has 0 heterocycles. The van der Waals surface area contributed by atoms with Gasteiger partial charge in [-0.2, -0.15) is 0 Å². The molecule has 0 amide bonds. The summed E-state index contributed by atoms with van der Waals surface area (Å²) in [4.78, 5) is 22.1. The van der Waals surface area contributed by atoms with E-state index < -0.39 is 17.4 Å². The van der Waals surface area contributed by atoms with Crippen LogP contribution < -0.4 is 0 Å². The van der Waals surface area contributed by atoms with Crippen LogP contribution in [-0.2, 0) is 4.79 Å². The van der Waals surface area contributed by atoms with E-state index in [1.165, 1.54) is 18.2 Å². The summed E-state index contributed by atoms with van der Waals surface area (Å²) >= 11 is 5.23. The highest BCUT2D eigenvalue weighted by atomic mass is 35.5. The fourth-order valence-corrected chi connectivity index (χ4v) is 1.10. The summed E-state index contributed by atoms with van der Waals surface area (Å²) in [5.41, 5.74) is -0.0639. The summed E-state index contributed by atoms with van der Waals surface area (Å²) in [5.74, 6) is -1.77. The Labute approximate surface area is 85.7 Å². The van der Waals surface area contributed by atoms with Gasteiger partial charge in [0, 0.05) is 0 Å². The number of halogens is 2. The zero-order chi connectivity index (χ0) is 10.6. The highest BCUT2D eigenvalue weighted by molar-refractivity contribution is 6.29.